The maximum atomic E-state index is 11.2. The minimum Gasteiger partial charge on any atom is -0.489 e. The summed E-state index contributed by atoms with van der Waals surface area (Å²) in [6, 6.07) is 15.7. The third kappa shape index (κ3) is 3.68. The minimum atomic E-state index is 0.0710. The number of ketones is 1. The molecule has 0 aliphatic heterocycles. The molecule has 0 bridgehead atoms. The van der Waals surface area contributed by atoms with Gasteiger partial charge in [0, 0.05) is 5.56 Å². The molecular weight excluding hydrogens is 236 g/mol. The highest BCUT2D eigenvalue weighted by Crippen LogP contribution is 2.15. The molecule has 0 aromatic heterocycles. The number of carbonyl (C=O) groups is 1. The van der Waals surface area contributed by atoms with E-state index in [1.54, 1.807) is 19.1 Å². The molecule has 19 heavy (non-hydrogen) atoms. The predicted octanol–water partition coefficient (Wildman–Crippen LogP) is 4.03. The molecule has 2 heteroatoms. The minimum absolute atomic E-state index is 0.0710. The van der Waals surface area contributed by atoms with E-state index < -0.39 is 0 Å². The Kier molecular flexibility index (Phi) is 4.35. The smallest absolute Gasteiger partial charge is 0.159 e. The summed E-state index contributed by atoms with van der Waals surface area (Å²) in [5.74, 6) is 0.853. The second-order valence-corrected chi connectivity index (χ2v) is 4.54. The fourth-order valence-corrected chi connectivity index (χ4v) is 1.82. The lowest BCUT2D eigenvalue weighted by Crippen LogP contribution is -1.97. The summed E-state index contributed by atoms with van der Waals surface area (Å²) in [5, 5.41) is 0. The van der Waals surface area contributed by atoms with E-state index in [1.165, 1.54) is 5.56 Å². The van der Waals surface area contributed by atoms with Crippen molar-refractivity contribution in [3.8, 4) is 5.75 Å². The maximum absolute atomic E-state index is 11.2. The Morgan fingerprint density at radius 2 is 1.53 bits per heavy atom. The van der Waals surface area contributed by atoms with Crippen LogP contribution < -0.4 is 4.74 Å². The van der Waals surface area contributed by atoms with Gasteiger partial charge in [-0.1, -0.05) is 31.2 Å². The molecule has 0 fully saturated rings. The SMILES string of the molecule is CCc1ccc(COc2ccc(C(C)=O)cc2)cc1. The molecule has 2 nitrogen and oxygen atoms in total. The number of carbonyl (C=O) groups excluding carboxylic acids is 1. The lowest BCUT2D eigenvalue weighted by atomic mass is 10.1. The Hall–Kier alpha value is -2.09. The molecule has 0 spiro atoms. The van der Waals surface area contributed by atoms with E-state index in [2.05, 4.69) is 31.2 Å². The summed E-state index contributed by atoms with van der Waals surface area (Å²) in [6.45, 7) is 4.25. The molecule has 0 amide bonds. The van der Waals surface area contributed by atoms with Gasteiger partial charge in [0.1, 0.15) is 12.4 Å². The van der Waals surface area contributed by atoms with Crippen molar-refractivity contribution in [2.45, 2.75) is 26.9 Å². The van der Waals surface area contributed by atoms with Crippen LogP contribution in [0.25, 0.3) is 0 Å². The monoisotopic (exact) mass is 254 g/mol. The Morgan fingerprint density at radius 1 is 0.947 bits per heavy atom. The Balaban J connectivity index is 1.95. The van der Waals surface area contributed by atoms with Crippen LogP contribution in [0.15, 0.2) is 48.5 Å². The summed E-state index contributed by atoms with van der Waals surface area (Å²) >= 11 is 0. The zero-order valence-corrected chi connectivity index (χ0v) is 11.3. The van der Waals surface area contributed by atoms with Crippen LogP contribution in [0.3, 0.4) is 0 Å². The quantitative estimate of drug-likeness (QED) is 0.753. The second-order valence-electron chi connectivity index (χ2n) is 4.54. The van der Waals surface area contributed by atoms with Crippen LogP contribution in [0.5, 0.6) is 5.75 Å². The van der Waals surface area contributed by atoms with Crippen LogP contribution in [0.2, 0.25) is 0 Å². The van der Waals surface area contributed by atoms with Crippen molar-refractivity contribution >= 4 is 5.78 Å². The van der Waals surface area contributed by atoms with Gasteiger partial charge in [-0.05, 0) is 48.7 Å². The van der Waals surface area contributed by atoms with E-state index in [0.29, 0.717) is 12.2 Å². The maximum Gasteiger partial charge on any atom is 0.159 e. The fraction of sp³-hybridized carbons (Fsp3) is 0.235. The summed E-state index contributed by atoms with van der Waals surface area (Å²) in [4.78, 5) is 11.2. The molecule has 0 aliphatic rings. The summed E-state index contributed by atoms with van der Waals surface area (Å²) < 4.78 is 5.69. The van der Waals surface area contributed by atoms with E-state index in [1.807, 2.05) is 12.1 Å². The van der Waals surface area contributed by atoms with Crippen molar-refractivity contribution in [2.75, 3.05) is 0 Å². The van der Waals surface area contributed by atoms with Gasteiger partial charge in [0.25, 0.3) is 0 Å². The van der Waals surface area contributed by atoms with Crippen molar-refractivity contribution in [3.05, 3.63) is 65.2 Å². The van der Waals surface area contributed by atoms with Crippen molar-refractivity contribution in [3.63, 3.8) is 0 Å². The lowest BCUT2D eigenvalue weighted by Gasteiger charge is -2.07. The van der Waals surface area contributed by atoms with Crippen molar-refractivity contribution in [1.82, 2.24) is 0 Å². The number of benzene rings is 2. The normalized spacial score (nSPS) is 10.2. The van der Waals surface area contributed by atoms with Crippen molar-refractivity contribution in [2.24, 2.45) is 0 Å². The molecule has 2 rings (SSSR count). The van der Waals surface area contributed by atoms with Crippen LogP contribution in [0.1, 0.15) is 35.3 Å². The summed E-state index contributed by atoms with van der Waals surface area (Å²) in [6.07, 6.45) is 1.05. The van der Waals surface area contributed by atoms with Gasteiger partial charge in [-0.3, -0.25) is 4.79 Å². The second kappa shape index (κ2) is 6.19. The van der Waals surface area contributed by atoms with Gasteiger partial charge in [0.2, 0.25) is 0 Å². The molecule has 0 radical (unpaired) electrons. The number of rotatable bonds is 5. The van der Waals surface area contributed by atoms with Crippen molar-refractivity contribution < 1.29 is 9.53 Å². The van der Waals surface area contributed by atoms with Gasteiger partial charge < -0.3 is 4.74 Å². The molecule has 0 heterocycles. The fourth-order valence-electron chi connectivity index (χ4n) is 1.82. The Morgan fingerprint density at radius 3 is 2.05 bits per heavy atom. The van der Waals surface area contributed by atoms with Crippen LogP contribution in [-0.2, 0) is 13.0 Å². The first-order valence-corrected chi connectivity index (χ1v) is 6.50. The number of ether oxygens (including phenoxy) is 1. The average Bonchev–Trinajstić information content (AvgIpc) is 2.46. The standard InChI is InChI=1S/C17H18O2/c1-3-14-4-6-15(7-5-14)12-19-17-10-8-16(9-11-17)13(2)18/h4-11H,3,12H2,1-2H3. The molecular formula is C17H18O2. The van der Waals surface area contributed by atoms with E-state index >= 15 is 0 Å². The zero-order chi connectivity index (χ0) is 13.7. The summed E-state index contributed by atoms with van der Waals surface area (Å²) in [5.41, 5.74) is 3.18. The molecule has 0 saturated carbocycles. The molecule has 0 unspecified atom stereocenters. The highest BCUT2D eigenvalue weighted by Gasteiger charge is 2.00. The van der Waals surface area contributed by atoms with E-state index in [4.69, 9.17) is 4.74 Å². The van der Waals surface area contributed by atoms with Gasteiger partial charge in [-0.15, -0.1) is 0 Å². The third-order valence-corrected chi connectivity index (χ3v) is 3.10. The van der Waals surface area contributed by atoms with Gasteiger partial charge in [0.15, 0.2) is 5.78 Å². The predicted molar refractivity (Wildman–Crippen MR) is 76.6 cm³/mol. The molecule has 0 aliphatic carbocycles. The first-order valence-electron chi connectivity index (χ1n) is 6.50. The van der Waals surface area contributed by atoms with Gasteiger partial charge in [-0.2, -0.15) is 0 Å². The van der Waals surface area contributed by atoms with Crippen LogP contribution in [0, 0.1) is 0 Å². The Bertz CT molecular complexity index is 538. The molecule has 98 valence electrons. The van der Waals surface area contributed by atoms with Gasteiger partial charge >= 0.3 is 0 Å². The number of hydrogen-bond acceptors (Lipinski definition) is 2. The first-order chi connectivity index (χ1) is 9.19. The number of aryl methyl sites for hydroxylation is 1. The molecule has 0 saturated heterocycles. The third-order valence-electron chi connectivity index (χ3n) is 3.10. The topological polar surface area (TPSA) is 26.3 Å². The van der Waals surface area contributed by atoms with E-state index in [-0.39, 0.29) is 5.78 Å². The molecule has 2 aromatic rings. The highest BCUT2D eigenvalue weighted by molar-refractivity contribution is 5.94. The number of Topliss-reactive ketones (excluding diaryl/α,β-unsaturated/α-hetero) is 1. The van der Waals surface area contributed by atoms with Crippen LogP contribution >= 0.6 is 0 Å². The highest BCUT2D eigenvalue weighted by atomic mass is 16.5. The zero-order valence-electron chi connectivity index (χ0n) is 11.3. The van der Waals surface area contributed by atoms with Crippen molar-refractivity contribution in [1.29, 1.82) is 0 Å². The van der Waals surface area contributed by atoms with E-state index in [0.717, 1.165) is 17.7 Å². The lowest BCUT2D eigenvalue weighted by molar-refractivity contribution is 0.101. The van der Waals surface area contributed by atoms with Crippen LogP contribution in [0.4, 0.5) is 0 Å². The number of hydrogen-bond donors (Lipinski definition) is 0. The first kappa shape index (κ1) is 13.3. The van der Waals surface area contributed by atoms with Gasteiger partial charge in [0.05, 0.1) is 0 Å². The Labute approximate surface area is 114 Å². The van der Waals surface area contributed by atoms with E-state index in [9.17, 15) is 4.79 Å². The van der Waals surface area contributed by atoms with Gasteiger partial charge in [-0.25, -0.2) is 0 Å². The molecule has 2 aromatic carbocycles. The molecule has 0 atom stereocenters. The van der Waals surface area contributed by atoms with Crippen LogP contribution in [-0.4, -0.2) is 5.78 Å². The average molecular weight is 254 g/mol. The molecule has 0 N–H and O–H groups in total. The largest absolute Gasteiger partial charge is 0.489 e. The summed E-state index contributed by atoms with van der Waals surface area (Å²) in [7, 11) is 0.